The van der Waals surface area contributed by atoms with Gasteiger partial charge in [0, 0.05) is 11.1 Å². The first-order valence-electron chi connectivity index (χ1n) is 8.46. The van der Waals surface area contributed by atoms with Crippen molar-refractivity contribution < 1.29 is 23.1 Å². The topological polar surface area (TPSA) is 90.4 Å². The normalized spacial score (nSPS) is 14.9. The third-order valence-corrected chi connectivity index (χ3v) is 4.73. The molecule has 144 valence electrons. The minimum Gasteiger partial charge on any atom is -0.448 e. The number of ether oxygens (including phenoxy) is 1. The minimum absolute atomic E-state index is 0.0858. The van der Waals surface area contributed by atoms with Crippen LogP contribution >= 0.6 is 0 Å². The van der Waals surface area contributed by atoms with Gasteiger partial charge in [-0.2, -0.15) is 5.10 Å². The van der Waals surface area contributed by atoms with Crippen molar-refractivity contribution in [2.45, 2.75) is 39.3 Å². The van der Waals surface area contributed by atoms with Crippen LogP contribution in [0, 0.1) is 11.6 Å². The highest BCUT2D eigenvalue weighted by Gasteiger charge is 2.45. The fourth-order valence-corrected chi connectivity index (χ4v) is 3.27. The quantitative estimate of drug-likeness (QED) is 0.887. The maximum Gasteiger partial charge on any atom is 0.436 e. The number of nitrogens with zero attached hydrogens (tertiary/aromatic N) is 3. The highest BCUT2D eigenvalue weighted by molar-refractivity contribution is 5.82. The smallest absolute Gasteiger partial charge is 0.436 e. The summed E-state index contributed by atoms with van der Waals surface area (Å²) in [5.41, 5.74) is 5.80. The van der Waals surface area contributed by atoms with E-state index in [2.05, 4.69) is 5.10 Å². The molecule has 2 heterocycles. The second kappa shape index (κ2) is 6.64. The average Bonchev–Trinajstić information content (AvgIpc) is 3.06. The number of carbonyl (C=O) groups is 2. The lowest BCUT2D eigenvalue weighted by Gasteiger charge is -2.32. The second-order valence-electron chi connectivity index (χ2n) is 6.74. The number of fused-ring (bicyclic) bond motifs is 1. The van der Waals surface area contributed by atoms with E-state index in [4.69, 9.17) is 10.5 Å². The van der Waals surface area contributed by atoms with Gasteiger partial charge in [0.1, 0.15) is 17.5 Å². The Morgan fingerprint density at radius 1 is 1.30 bits per heavy atom. The highest BCUT2D eigenvalue weighted by atomic mass is 19.1. The Kier molecular flexibility index (Phi) is 4.63. The number of carbonyl (C=O) groups excluding carboxylic acids is 2. The molecule has 0 unspecified atom stereocenters. The number of amides is 1. The summed E-state index contributed by atoms with van der Waals surface area (Å²) >= 11 is 0. The minimum atomic E-state index is -0.903. The van der Waals surface area contributed by atoms with E-state index in [0.717, 1.165) is 16.8 Å². The molecule has 7 nitrogen and oxygen atoms in total. The lowest BCUT2D eigenvalue weighted by Crippen LogP contribution is -2.42. The molecule has 1 aliphatic rings. The first kappa shape index (κ1) is 18.8. The van der Waals surface area contributed by atoms with Crippen LogP contribution in [-0.4, -0.2) is 33.3 Å². The highest BCUT2D eigenvalue weighted by Crippen LogP contribution is 2.41. The van der Waals surface area contributed by atoms with Gasteiger partial charge in [-0.3, -0.25) is 4.79 Å². The molecule has 3 rings (SSSR count). The van der Waals surface area contributed by atoms with Crippen LogP contribution in [0.15, 0.2) is 18.2 Å². The molecule has 1 aliphatic heterocycles. The molecule has 0 atom stereocenters. The Labute approximate surface area is 154 Å². The zero-order valence-corrected chi connectivity index (χ0v) is 15.3. The second-order valence-corrected chi connectivity index (χ2v) is 6.74. The number of halogens is 2. The molecule has 0 saturated heterocycles. The molecule has 0 fully saturated rings. The third-order valence-electron chi connectivity index (χ3n) is 4.73. The molecule has 0 spiro atoms. The number of rotatable bonds is 3. The lowest BCUT2D eigenvalue weighted by molar-refractivity contribution is -0.136. The van der Waals surface area contributed by atoms with Gasteiger partial charge in [0.05, 0.1) is 30.8 Å². The molecule has 2 aromatic rings. The van der Waals surface area contributed by atoms with E-state index in [1.165, 1.54) is 11.0 Å². The standard InChI is InChI=1S/C18H20F2N4O3/c1-4-27-17(26)24-16(21)11-9-23(18(2,3)15(11)22-24)14(25)8-10-12(19)6-5-7-13(10)20/h5-7H,4,8-9,21H2,1-3H3. The van der Waals surface area contributed by atoms with E-state index in [1.807, 2.05) is 0 Å². The van der Waals surface area contributed by atoms with Gasteiger partial charge in [0.25, 0.3) is 0 Å². The summed E-state index contributed by atoms with van der Waals surface area (Å²) in [6.45, 7) is 5.39. The number of anilines is 1. The number of hydrogen-bond acceptors (Lipinski definition) is 5. The average molecular weight is 378 g/mol. The van der Waals surface area contributed by atoms with Gasteiger partial charge >= 0.3 is 6.09 Å². The molecular formula is C18H20F2N4O3. The number of benzene rings is 1. The maximum atomic E-state index is 13.9. The first-order chi connectivity index (χ1) is 12.7. The predicted octanol–water partition coefficient (Wildman–Crippen LogP) is 2.57. The van der Waals surface area contributed by atoms with Gasteiger partial charge in [-0.15, -0.1) is 4.68 Å². The van der Waals surface area contributed by atoms with E-state index in [0.29, 0.717) is 11.3 Å². The van der Waals surface area contributed by atoms with Crippen LogP contribution in [0.1, 0.15) is 37.6 Å². The molecule has 0 saturated carbocycles. The van der Waals surface area contributed by atoms with Crippen molar-refractivity contribution in [2.24, 2.45) is 0 Å². The van der Waals surface area contributed by atoms with Crippen LogP contribution in [0.25, 0.3) is 0 Å². The maximum absolute atomic E-state index is 13.9. The van der Waals surface area contributed by atoms with Crippen LogP contribution in [0.5, 0.6) is 0 Å². The summed E-state index contributed by atoms with van der Waals surface area (Å²) in [5, 5.41) is 4.21. The molecule has 1 amide bonds. The number of nitrogens with two attached hydrogens (primary N) is 1. The van der Waals surface area contributed by atoms with Crippen LogP contribution in [0.3, 0.4) is 0 Å². The molecule has 0 bridgehead atoms. The molecular weight excluding hydrogens is 358 g/mol. The molecule has 1 aromatic heterocycles. The SMILES string of the molecule is CCOC(=O)n1nc2c(c1N)CN(C(=O)Cc1c(F)cccc1F)C2(C)C. The van der Waals surface area contributed by atoms with Gasteiger partial charge in [0.2, 0.25) is 5.91 Å². The fraction of sp³-hybridized carbons (Fsp3) is 0.389. The van der Waals surface area contributed by atoms with Crippen molar-refractivity contribution >= 4 is 17.8 Å². The van der Waals surface area contributed by atoms with Crippen LogP contribution in [0.2, 0.25) is 0 Å². The zero-order valence-electron chi connectivity index (χ0n) is 15.3. The summed E-state index contributed by atoms with van der Waals surface area (Å²) in [6.07, 6.45) is -1.13. The molecule has 1 aromatic carbocycles. The summed E-state index contributed by atoms with van der Waals surface area (Å²) in [6, 6.07) is 3.46. The monoisotopic (exact) mass is 378 g/mol. The summed E-state index contributed by atoms with van der Waals surface area (Å²) in [7, 11) is 0. The van der Waals surface area contributed by atoms with Crippen molar-refractivity contribution in [1.29, 1.82) is 0 Å². The van der Waals surface area contributed by atoms with Crippen LogP contribution in [0.4, 0.5) is 19.4 Å². The van der Waals surface area contributed by atoms with Gasteiger partial charge in [0.15, 0.2) is 0 Å². The molecule has 27 heavy (non-hydrogen) atoms. The fourth-order valence-electron chi connectivity index (χ4n) is 3.27. The third kappa shape index (κ3) is 3.02. The van der Waals surface area contributed by atoms with Crippen LogP contribution in [-0.2, 0) is 28.0 Å². The zero-order chi connectivity index (χ0) is 19.9. The van der Waals surface area contributed by atoms with E-state index in [1.54, 1.807) is 20.8 Å². The molecule has 9 heteroatoms. The van der Waals surface area contributed by atoms with Crippen molar-refractivity contribution in [3.8, 4) is 0 Å². The van der Waals surface area contributed by atoms with E-state index >= 15 is 0 Å². The Hall–Kier alpha value is -2.97. The molecule has 0 aliphatic carbocycles. The van der Waals surface area contributed by atoms with Crippen molar-refractivity contribution in [3.05, 3.63) is 46.7 Å². The van der Waals surface area contributed by atoms with Gasteiger partial charge in [-0.05, 0) is 32.9 Å². The summed E-state index contributed by atoms with van der Waals surface area (Å²) in [5.74, 6) is -1.93. The van der Waals surface area contributed by atoms with Gasteiger partial charge in [-0.25, -0.2) is 13.6 Å². The molecule has 0 radical (unpaired) electrons. The molecule has 2 N–H and O–H groups in total. The van der Waals surface area contributed by atoms with E-state index in [9.17, 15) is 18.4 Å². The van der Waals surface area contributed by atoms with Crippen molar-refractivity contribution in [2.75, 3.05) is 12.3 Å². The van der Waals surface area contributed by atoms with Gasteiger partial charge < -0.3 is 15.4 Å². The first-order valence-corrected chi connectivity index (χ1v) is 8.46. The van der Waals surface area contributed by atoms with E-state index in [-0.39, 0.29) is 24.5 Å². The lowest BCUT2D eigenvalue weighted by atomic mass is 10.00. The predicted molar refractivity (Wildman–Crippen MR) is 92.7 cm³/mol. The number of nitrogen functional groups attached to an aromatic ring is 1. The summed E-state index contributed by atoms with van der Waals surface area (Å²) < 4.78 is 33.6. The van der Waals surface area contributed by atoms with Crippen molar-refractivity contribution in [1.82, 2.24) is 14.7 Å². The Morgan fingerprint density at radius 2 is 1.93 bits per heavy atom. The largest absolute Gasteiger partial charge is 0.448 e. The van der Waals surface area contributed by atoms with E-state index < -0.39 is 35.6 Å². The Balaban J connectivity index is 1.88. The van der Waals surface area contributed by atoms with Crippen LogP contribution < -0.4 is 5.73 Å². The Bertz CT molecular complexity index is 903. The summed E-state index contributed by atoms with van der Waals surface area (Å²) in [4.78, 5) is 26.2. The van der Waals surface area contributed by atoms with Gasteiger partial charge in [-0.1, -0.05) is 6.07 Å². The van der Waals surface area contributed by atoms with Crippen molar-refractivity contribution in [3.63, 3.8) is 0 Å². The number of hydrogen-bond donors (Lipinski definition) is 1. The number of aromatic nitrogens is 2. The Morgan fingerprint density at radius 3 is 2.48 bits per heavy atom.